The van der Waals surface area contributed by atoms with E-state index in [0.717, 1.165) is 29.8 Å². The van der Waals surface area contributed by atoms with Crippen LogP contribution in [-0.2, 0) is 16.4 Å². The molecule has 6 nitrogen and oxygen atoms in total. The topological polar surface area (TPSA) is 79.8 Å². The fraction of sp³-hybridized carbons (Fsp3) is 0.650. The average molecular weight is 525 g/mol. The van der Waals surface area contributed by atoms with Gasteiger partial charge in [0.25, 0.3) is 0 Å². The maximum atomic E-state index is 11.2. The number of nitrogens with zero attached hydrogens (tertiary/aromatic N) is 1. The van der Waals surface area contributed by atoms with Gasteiger partial charge in [-0.25, -0.2) is 13.4 Å². The van der Waals surface area contributed by atoms with Crippen LogP contribution in [0.15, 0.2) is 23.2 Å². The largest absolute Gasteiger partial charge is 0.493 e. The van der Waals surface area contributed by atoms with Gasteiger partial charge < -0.3 is 15.4 Å². The van der Waals surface area contributed by atoms with Crippen LogP contribution >= 0.6 is 24.0 Å². The molecule has 8 heteroatoms. The van der Waals surface area contributed by atoms with Gasteiger partial charge >= 0.3 is 0 Å². The van der Waals surface area contributed by atoms with E-state index in [1.807, 2.05) is 6.92 Å². The number of hydrogen-bond acceptors (Lipinski definition) is 4. The molecule has 0 saturated carbocycles. The van der Waals surface area contributed by atoms with Gasteiger partial charge in [-0.15, -0.1) is 24.0 Å². The summed E-state index contributed by atoms with van der Waals surface area (Å²) in [6.45, 7) is 10.9. The number of ether oxygens (including phenoxy) is 1. The number of rotatable bonds is 11. The Morgan fingerprint density at radius 1 is 1.25 bits per heavy atom. The predicted octanol–water partition coefficient (Wildman–Crippen LogP) is 3.53. The van der Waals surface area contributed by atoms with E-state index in [2.05, 4.69) is 54.6 Å². The zero-order chi connectivity index (χ0) is 20.3. The first-order chi connectivity index (χ1) is 12.7. The van der Waals surface area contributed by atoms with Crippen molar-refractivity contribution in [3.63, 3.8) is 0 Å². The maximum Gasteiger partial charge on any atom is 0.191 e. The molecule has 0 amide bonds. The number of aryl methyl sites for hydroxylation is 1. The molecule has 0 saturated heterocycles. The summed E-state index contributed by atoms with van der Waals surface area (Å²) in [5.41, 5.74) is 2.20. The van der Waals surface area contributed by atoms with E-state index in [-0.39, 0.29) is 29.7 Å². The third kappa shape index (κ3) is 12.4. The minimum Gasteiger partial charge on any atom is -0.493 e. The second kappa shape index (κ2) is 14.0. The van der Waals surface area contributed by atoms with Gasteiger partial charge in [0, 0.05) is 24.9 Å². The fourth-order valence-electron chi connectivity index (χ4n) is 2.38. The van der Waals surface area contributed by atoms with Crippen molar-refractivity contribution in [1.82, 2.24) is 10.6 Å². The van der Waals surface area contributed by atoms with E-state index in [9.17, 15) is 8.42 Å². The smallest absolute Gasteiger partial charge is 0.191 e. The second-order valence-electron chi connectivity index (χ2n) is 7.25. The molecule has 0 fully saturated rings. The van der Waals surface area contributed by atoms with Crippen molar-refractivity contribution in [3.8, 4) is 5.75 Å². The van der Waals surface area contributed by atoms with Crippen molar-refractivity contribution >= 4 is 39.8 Å². The molecular weight excluding hydrogens is 489 g/mol. The van der Waals surface area contributed by atoms with Crippen molar-refractivity contribution < 1.29 is 13.2 Å². The van der Waals surface area contributed by atoms with Crippen LogP contribution in [0.1, 0.15) is 44.7 Å². The van der Waals surface area contributed by atoms with Crippen molar-refractivity contribution in [1.29, 1.82) is 0 Å². The summed E-state index contributed by atoms with van der Waals surface area (Å²) in [5, 5.41) is 6.37. The third-order valence-electron chi connectivity index (χ3n) is 3.91. The molecular formula is C20H36IN3O3S. The van der Waals surface area contributed by atoms with E-state index < -0.39 is 9.84 Å². The molecule has 1 rings (SSSR count). The molecule has 0 aliphatic carbocycles. The molecule has 2 N–H and O–H groups in total. The Bertz CT molecular complexity index is 707. The van der Waals surface area contributed by atoms with E-state index in [1.54, 1.807) is 0 Å². The molecule has 1 aromatic rings. The Kier molecular flexibility index (Phi) is 13.5. The van der Waals surface area contributed by atoms with Crippen LogP contribution in [0.3, 0.4) is 0 Å². The van der Waals surface area contributed by atoms with Crippen LogP contribution in [-0.4, -0.2) is 46.1 Å². The number of guanidine groups is 1. The lowest BCUT2D eigenvalue weighted by Gasteiger charge is -2.14. The standard InChI is InChI=1S/C20H35N3O3S.HI/c1-6-21-20(22-11-7-13-27(5,24)25)23-15-18-9-8-17(4)14-19(18)26-12-10-16(2)3;/h8-9,14,16H,6-7,10-13,15H2,1-5H3,(H2,21,22,23);1H. The molecule has 0 aromatic heterocycles. The predicted molar refractivity (Wildman–Crippen MR) is 129 cm³/mol. The highest BCUT2D eigenvalue weighted by Gasteiger charge is 2.06. The number of sulfone groups is 1. The van der Waals surface area contributed by atoms with Crippen LogP contribution in [0.4, 0.5) is 0 Å². The van der Waals surface area contributed by atoms with Gasteiger partial charge in [0.05, 0.1) is 18.9 Å². The molecule has 28 heavy (non-hydrogen) atoms. The van der Waals surface area contributed by atoms with Gasteiger partial charge in [0.1, 0.15) is 15.6 Å². The highest BCUT2D eigenvalue weighted by atomic mass is 127. The van der Waals surface area contributed by atoms with Crippen LogP contribution in [0.5, 0.6) is 5.75 Å². The van der Waals surface area contributed by atoms with Gasteiger partial charge in [-0.2, -0.15) is 0 Å². The first-order valence-electron chi connectivity index (χ1n) is 9.63. The molecule has 162 valence electrons. The third-order valence-corrected chi connectivity index (χ3v) is 4.94. The lowest BCUT2D eigenvalue weighted by molar-refractivity contribution is 0.287. The summed E-state index contributed by atoms with van der Waals surface area (Å²) in [6.07, 6.45) is 2.82. The fourth-order valence-corrected chi connectivity index (χ4v) is 3.05. The first-order valence-corrected chi connectivity index (χ1v) is 11.7. The zero-order valence-corrected chi connectivity index (χ0v) is 20.9. The van der Waals surface area contributed by atoms with Crippen molar-refractivity contribution in [2.45, 2.75) is 47.1 Å². The monoisotopic (exact) mass is 525 g/mol. The minimum atomic E-state index is -2.93. The van der Waals surface area contributed by atoms with E-state index in [1.165, 1.54) is 6.26 Å². The Labute approximate surface area is 187 Å². The molecule has 0 heterocycles. The Morgan fingerprint density at radius 2 is 1.96 bits per heavy atom. The van der Waals surface area contributed by atoms with Gasteiger partial charge in [0.15, 0.2) is 5.96 Å². The molecule has 0 bridgehead atoms. The van der Waals surface area contributed by atoms with Crippen LogP contribution in [0.2, 0.25) is 0 Å². The average Bonchev–Trinajstić information content (AvgIpc) is 2.56. The summed E-state index contributed by atoms with van der Waals surface area (Å²) in [7, 11) is -2.93. The van der Waals surface area contributed by atoms with Crippen LogP contribution in [0, 0.1) is 12.8 Å². The summed E-state index contributed by atoms with van der Waals surface area (Å²) in [5.74, 6) is 2.34. The summed E-state index contributed by atoms with van der Waals surface area (Å²) in [6, 6.07) is 6.17. The van der Waals surface area contributed by atoms with E-state index >= 15 is 0 Å². The normalized spacial score (nSPS) is 11.9. The van der Waals surface area contributed by atoms with Gasteiger partial charge in [-0.1, -0.05) is 26.0 Å². The number of aliphatic imine (C=N–C) groups is 1. The lowest BCUT2D eigenvalue weighted by atomic mass is 10.1. The number of nitrogens with one attached hydrogen (secondary N) is 2. The van der Waals surface area contributed by atoms with E-state index in [0.29, 0.717) is 38.0 Å². The first kappa shape index (κ1) is 27.0. The summed E-state index contributed by atoms with van der Waals surface area (Å²) < 4.78 is 28.4. The Morgan fingerprint density at radius 3 is 2.57 bits per heavy atom. The maximum absolute atomic E-state index is 11.2. The van der Waals surface area contributed by atoms with Crippen molar-refractivity contribution in [2.24, 2.45) is 10.9 Å². The molecule has 0 unspecified atom stereocenters. The molecule has 0 aliphatic rings. The Balaban J connectivity index is 0.00000729. The summed E-state index contributed by atoms with van der Waals surface area (Å²) in [4.78, 5) is 4.62. The molecule has 1 aromatic carbocycles. The molecule has 0 spiro atoms. The van der Waals surface area contributed by atoms with E-state index in [4.69, 9.17) is 4.74 Å². The lowest BCUT2D eigenvalue weighted by Crippen LogP contribution is -2.38. The zero-order valence-electron chi connectivity index (χ0n) is 17.7. The minimum absolute atomic E-state index is 0. The van der Waals surface area contributed by atoms with Crippen LogP contribution in [0.25, 0.3) is 0 Å². The quantitative estimate of drug-likeness (QED) is 0.200. The highest BCUT2D eigenvalue weighted by Crippen LogP contribution is 2.22. The number of hydrogen-bond donors (Lipinski definition) is 2. The Hall–Kier alpha value is -1.03. The molecule has 0 atom stereocenters. The van der Waals surface area contributed by atoms with Crippen molar-refractivity contribution in [3.05, 3.63) is 29.3 Å². The van der Waals surface area contributed by atoms with Gasteiger partial charge in [-0.3, -0.25) is 0 Å². The molecule has 0 radical (unpaired) electrons. The number of halogens is 1. The van der Waals surface area contributed by atoms with Gasteiger partial charge in [-0.05, 0) is 44.2 Å². The van der Waals surface area contributed by atoms with Crippen LogP contribution < -0.4 is 15.4 Å². The summed E-state index contributed by atoms with van der Waals surface area (Å²) >= 11 is 0. The highest BCUT2D eigenvalue weighted by molar-refractivity contribution is 14.0. The second-order valence-corrected chi connectivity index (χ2v) is 9.51. The SMILES string of the molecule is CCNC(=NCc1ccc(C)cc1OCCC(C)C)NCCCS(C)(=O)=O.I. The van der Waals surface area contributed by atoms with Gasteiger partial charge in [0.2, 0.25) is 0 Å². The van der Waals surface area contributed by atoms with Crippen molar-refractivity contribution in [2.75, 3.05) is 31.7 Å². The number of benzene rings is 1. The molecule has 0 aliphatic heterocycles.